The summed E-state index contributed by atoms with van der Waals surface area (Å²) < 4.78 is 0. The molecule has 0 aliphatic heterocycles. The monoisotopic (exact) mass is 155 g/mol. The van der Waals surface area contributed by atoms with Gasteiger partial charge in [0, 0.05) is 12.8 Å². The zero-order chi connectivity index (χ0) is 8.69. The molecule has 0 aliphatic rings. The summed E-state index contributed by atoms with van der Waals surface area (Å²) >= 11 is 0. The Bertz CT molecular complexity index is 105. The first-order chi connectivity index (χ1) is 5.16. The molecule has 0 aromatic carbocycles. The molecule has 1 atom stereocenters. The molecule has 1 nitrogen and oxygen atoms in total. The average molecular weight is 155 g/mol. The predicted octanol–water partition coefficient (Wildman–Crippen LogP) is 3.15. The van der Waals surface area contributed by atoms with Gasteiger partial charge in [-0.05, 0) is 24.7 Å². The number of nitrogens with zero attached hydrogens (tertiary/aromatic N) is 1. The number of rotatable bonds is 5. The fraction of sp³-hybridized carbons (Fsp3) is 0.900. The van der Waals surface area contributed by atoms with Crippen LogP contribution in [0, 0.1) is 11.8 Å². The summed E-state index contributed by atoms with van der Waals surface area (Å²) in [6.45, 7) is 9.89. The third-order valence-corrected chi connectivity index (χ3v) is 1.56. The molecule has 0 bridgehead atoms. The van der Waals surface area contributed by atoms with E-state index in [0.717, 1.165) is 18.9 Å². The van der Waals surface area contributed by atoms with E-state index in [4.69, 9.17) is 0 Å². The van der Waals surface area contributed by atoms with E-state index in [-0.39, 0.29) is 0 Å². The fourth-order valence-electron chi connectivity index (χ4n) is 1.19. The second kappa shape index (κ2) is 6.38. The lowest BCUT2D eigenvalue weighted by Gasteiger charge is -2.07. The predicted molar refractivity (Wildman–Crippen MR) is 52.3 cm³/mol. The van der Waals surface area contributed by atoms with Crippen molar-refractivity contribution in [2.24, 2.45) is 16.8 Å². The maximum atomic E-state index is 4.32. The van der Waals surface area contributed by atoms with Gasteiger partial charge in [-0.1, -0.05) is 27.7 Å². The van der Waals surface area contributed by atoms with Crippen molar-refractivity contribution in [2.45, 2.75) is 40.5 Å². The Morgan fingerprint density at radius 2 is 1.91 bits per heavy atom. The van der Waals surface area contributed by atoms with Gasteiger partial charge in [-0.15, -0.1) is 0 Å². The number of hydrogen-bond donors (Lipinski definition) is 0. The van der Waals surface area contributed by atoms with Crippen LogP contribution in [-0.4, -0.2) is 12.8 Å². The molecule has 0 fully saturated rings. The number of hydrogen-bond acceptors (Lipinski definition) is 1. The van der Waals surface area contributed by atoms with Gasteiger partial charge in [0.1, 0.15) is 0 Å². The van der Waals surface area contributed by atoms with Gasteiger partial charge in [0.05, 0.1) is 0 Å². The summed E-state index contributed by atoms with van der Waals surface area (Å²) in [5.41, 5.74) is 0. The third kappa shape index (κ3) is 7.57. The molecule has 0 N–H and O–H groups in total. The molecular formula is C10H21N. The molecule has 11 heavy (non-hydrogen) atoms. The van der Waals surface area contributed by atoms with E-state index in [0.29, 0.717) is 5.92 Å². The van der Waals surface area contributed by atoms with E-state index in [9.17, 15) is 0 Å². The average Bonchev–Trinajstić information content (AvgIpc) is 1.86. The molecule has 0 radical (unpaired) electrons. The summed E-state index contributed by atoms with van der Waals surface area (Å²) in [5.74, 6) is 1.44. The molecule has 0 aromatic rings. The molecule has 0 spiro atoms. The Kier molecular flexibility index (Phi) is 6.19. The van der Waals surface area contributed by atoms with E-state index >= 15 is 0 Å². The van der Waals surface area contributed by atoms with Gasteiger partial charge in [0.25, 0.3) is 0 Å². The Morgan fingerprint density at radius 3 is 2.36 bits per heavy atom. The first kappa shape index (κ1) is 10.7. The van der Waals surface area contributed by atoms with Gasteiger partial charge < -0.3 is 0 Å². The Balaban J connectivity index is 3.42. The summed E-state index contributed by atoms with van der Waals surface area (Å²) in [5, 5.41) is 0. The van der Waals surface area contributed by atoms with Crippen LogP contribution in [-0.2, 0) is 0 Å². The second-order valence-electron chi connectivity index (χ2n) is 3.66. The van der Waals surface area contributed by atoms with E-state index < -0.39 is 0 Å². The molecule has 1 unspecified atom stereocenters. The largest absolute Gasteiger partial charge is 0.297 e. The molecular weight excluding hydrogens is 134 g/mol. The van der Waals surface area contributed by atoms with Crippen molar-refractivity contribution < 1.29 is 0 Å². The van der Waals surface area contributed by atoms with Crippen LogP contribution in [0.3, 0.4) is 0 Å². The first-order valence-corrected chi connectivity index (χ1v) is 4.66. The van der Waals surface area contributed by atoms with Crippen molar-refractivity contribution in [1.29, 1.82) is 0 Å². The summed E-state index contributed by atoms with van der Waals surface area (Å²) in [4.78, 5) is 4.32. The van der Waals surface area contributed by atoms with E-state index in [2.05, 4.69) is 38.9 Å². The Morgan fingerprint density at radius 1 is 1.27 bits per heavy atom. The summed E-state index contributed by atoms with van der Waals surface area (Å²) in [6.07, 6.45) is 4.52. The van der Waals surface area contributed by atoms with Crippen molar-refractivity contribution >= 4 is 6.21 Å². The standard InChI is InChI=1S/C10H21N/c1-5-6-11-8-10(4)7-9(2)3/h8-10H,5-7H2,1-4H3/b11-8-. The highest BCUT2D eigenvalue weighted by Crippen LogP contribution is 2.08. The SMILES string of the molecule is CCC/N=C\C(C)CC(C)C. The quantitative estimate of drug-likeness (QED) is 0.541. The fourth-order valence-corrected chi connectivity index (χ4v) is 1.19. The normalized spacial score (nSPS) is 14.6. The highest BCUT2D eigenvalue weighted by atomic mass is 14.7. The topological polar surface area (TPSA) is 12.4 Å². The smallest absolute Gasteiger partial charge is 0.0382 e. The van der Waals surface area contributed by atoms with Gasteiger partial charge in [0.15, 0.2) is 0 Å². The lowest BCUT2D eigenvalue weighted by molar-refractivity contribution is 0.526. The maximum Gasteiger partial charge on any atom is 0.0382 e. The summed E-state index contributed by atoms with van der Waals surface area (Å²) in [7, 11) is 0. The van der Waals surface area contributed by atoms with Gasteiger partial charge in [-0.25, -0.2) is 0 Å². The molecule has 0 aliphatic carbocycles. The molecule has 0 saturated carbocycles. The van der Waals surface area contributed by atoms with Crippen LogP contribution in [0.15, 0.2) is 4.99 Å². The lowest BCUT2D eigenvalue weighted by atomic mass is 10.0. The van der Waals surface area contributed by atoms with Crippen LogP contribution in [0.5, 0.6) is 0 Å². The van der Waals surface area contributed by atoms with E-state index in [1.807, 2.05) is 0 Å². The van der Waals surface area contributed by atoms with Crippen LogP contribution >= 0.6 is 0 Å². The molecule has 66 valence electrons. The lowest BCUT2D eigenvalue weighted by Crippen LogP contribution is -2.01. The first-order valence-electron chi connectivity index (χ1n) is 4.66. The molecule has 0 rings (SSSR count). The van der Waals surface area contributed by atoms with Crippen LogP contribution < -0.4 is 0 Å². The minimum atomic E-state index is 0.654. The second-order valence-corrected chi connectivity index (χ2v) is 3.66. The minimum absolute atomic E-state index is 0.654. The zero-order valence-electron chi connectivity index (χ0n) is 8.30. The van der Waals surface area contributed by atoms with Crippen molar-refractivity contribution in [2.75, 3.05) is 6.54 Å². The van der Waals surface area contributed by atoms with Crippen LogP contribution in [0.2, 0.25) is 0 Å². The highest BCUT2D eigenvalue weighted by molar-refractivity contribution is 5.60. The van der Waals surface area contributed by atoms with Crippen molar-refractivity contribution in [3.8, 4) is 0 Å². The number of aliphatic imine (C=N–C) groups is 1. The van der Waals surface area contributed by atoms with Crippen LogP contribution in [0.4, 0.5) is 0 Å². The van der Waals surface area contributed by atoms with Crippen LogP contribution in [0.25, 0.3) is 0 Å². The van der Waals surface area contributed by atoms with E-state index in [1.54, 1.807) is 0 Å². The van der Waals surface area contributed by atoms with Gasteiger partial charge in [-0.3, -0.25) is 4.99 Å². The molecule has 0 aromatic heterocycles. The molecule has 0 saturated heterocycles. The minimum Gasteiger partial charge on any atom is -0.297 e. The Labute approximate surface area is 70.9 Å². The zero-order valence-corrected chi connectivity index (χ0v) is 8.30. The van der Waals surface area contributed by atoms with Gasteiger partial charge in [-0.2, -0.15) is 0 Å². The van der Waals surface area contributed by atoms with E-state index in [1.165, 1.54) is 6.42 Å². The third-order valence-electron chi connectivity index (χ3n) is 1.56. The molecule has 0 amide bonds. The van der Waals surface area contributed by atoms with Gasteiger partial charge >= 0.3 is 0 Å². The van der Waals surface area contributed by atoms with Crippen molar-refractivity contribution in [3.05, 3.63) is 0 Å². The van der Waals surface area contributed by atoms with Crippen molar-refractivity contribution in [1.82, 2.24) is 0 Å². The maximum absolute atomic E-state index is 4.32. The van der Waals surface area contributed by atoms with Crippen molar-refractivity contribution in [3.63, 3.8) is 0 Å². The highest BCUT2D eigenvalue weighted by Gasteiger charge is 2.00. The van der Waals surface area contributed by atoms with Gasteiger partial charge in [0.2, 0.25) is 0 Å². The molecule has 1 heteroatoms. The Hall–Kier alpha value is -0.330. The molecule has 0 heterocycles. The van der Waals surface area contributed by atoms with Crippen LogP contribution in [0.1, 0.15) is 40.5 Å². The summed E-state index contributed by atoms with van der Waals surface area (Å²) in [6, 6.07) is 0.